The van der Waals surface area contributed by atoms with Crippen LogP contribution in [0.4, 0.5) is 5.13 Å². The van der Waals surface area contributed by atoms with Gasteiger partial charge in [-0.05, 0) is 32.2 Å². The van der Waals surface area contributed by atoms with Crippen molar-refractivity contribution in [3.05, 3.63) is 10.6 Å². The van der Waals surface area contributed by atoms with Crippen LogP contribution in [-0.4, -0.2) is 44.5 Å². The van der Waals surface area contributed by atoms with Crippen molar-refractivity contribution in [2.75, 3.05) is 36.0 Å². The lowest BCUT2D eigenvalue weighted by Gasteiger charge is -2.21. The summed E-state index contributed by atoms with van der Waals surface area (Å²) in [7, 11) is -2.86. The maximum absolute atomic E-state index is 11.7. The summed E-state index contributed by atoms with van der Waals surface area (Å²) in [6.07, 6.45) is 4.18. The normalized spacial score (nSPS) is 25.4. The zero-order valence-electron chi connectivity index (χ0n) is 12.5. The fraction of sp³-hybridized carbons (Fsp3) is 0.786. The molecule has 1 aromatic heterocycles. The molecule has 2 aliphatic rings. The number of rotatable bonds is 3. The van der Waals surface area contributed by atoms with Crippen LogP contribution in [0.1, 0.15) is 42.8 Å². The van der Waals surface area contributed by atoms with Crippen LogP contribution in [-0.2, 0) is 16.3 Å². The molecule has 1 unspecified atom stereocenters. The van der Waals surface area contributed by atoms with Crippen LogP contribution in [0.3, 0.4) is 0 Å². The van der Waals surface area contributed by atoms with Gasteiger partial charge in [-0.15, -0.1) is 11.3 Å². The van der Waals surface area contributed by atoms with E-state index in [1.54, 1.807) is 11.3 Å². The number of anilines is 1. The van der Waals surface area contributed by atoms with E-state index in [0.717, 1.165) is 31.1 Å². The Morgan fingerprint density at radius 2 is 2.19 bits per heavy atom. The zero-order chi connectivity index (χ0) is 14.9. The van der Waals surface area contributed by atoms with Crippen molar-refractivity contribution in [1.29, 1.82) is 0 Å². The molecule has 0 bridgehead atoms. The summed E-state index contributed by atoms with van der Waals surface area (Å²) in [5, 5.41) is 4.53. The number of sulfone groups is 1. The number of aromatic nitrogens is 1. The Hall–Kier alpha value is -0.660. The van der Waals surface area contributed by atoms with Crippen LogP contribution in [0.15, 0.2) is 0 Å². The molecule has 1 aliphatic carbocycles. The third-order valence-electron chi connectivity index (χ3n) is 4.22. The van der Waals surface area contributed by atoms with E-state index in [9.17, 15) is 8.42 Å². The Morgan fingerprint density at radius 3 is 3.00 bits per heavy atom. The Bertz CT molecular complexity index is 597. The van der Waals surface area contributed by atoms with Gasteiger partial charge in [-0.3, -0.25) is 0 Å². The van der Waals surface area contributed by atoms with Crippen molar-refractivity contribution in [1.82, 2.24) is 10.3 Å². The molecule has 7 heteroatoms. The van der Waals surface area contributed by atoms with Crippen LogP contribution >= 0.6 is 11.3 Å². The molecular weight excluding hydrogens is 306 g/mol. The topological polar surface area (TPSA) is 62.3 Å². The second-order valence-electron chi connectivity index (χ2n) is 5.80. The van der Waals surface area contributed by atoms with Gasteiger partial charge in [0.15, 0.2) is 15.0 Å². The largest absolute Gasteiger partial charge is 0.347 e. The van der Waals surface area contributed by atoms with E-state index >= 15 is 0 Å². The minimum atomic E-state index is -2.86. The second-order valence-corrected chi connectivity index (χ2v) is 9.17. The minimum absolute atomic E-state index is 0.258. The Labute approximate surface area is 130 Å². The molecule has 2 heterocycles. The van der Waals surface area contributed by atoms with Crippen molar-refractivity contribution >= 4 is 26.3 Å². The summed E-state index contributed by atoms with van der Waals surface area (Å²) in [6.45, 7) is 4.47. The summed E-state index contributed by atoms with van der Waals surface area (Å²) in [4.78, 5) is 8.40. The average Bonchev–Trinajstić information content (AvgIpc) is 2.79. The van der Waals surface area contributed by atoms with Crippen LogP contribution in [0.25, 0.3) is 0 Å². The van der Waals surface area contributed by atoms with Crippen LogP contribution in [0.2, 0.25) is 0 Å². The second kappa shape index (κ2) is 6.22. The molecule has 0 radical (unpaired) electrons. The average molecular weight is 329 g/mol. The van der Waals surface area contributed by atoms with Gasteiger partial charge in [-0.25, -0.2) is 13.4 Å². The zero-order valence-corrected chi connectivity index (χ0v) is 14.1. The fourth-order valence-electron chi connectivity index (χ4n) is 3.12. The van der Waals surface area contributed by atoms with Crippen LogP contribution in [0, 0.1) is 0 Å². The summed E-state index contributed by atoms with van der Waals surface area (Å²) in [5.74, 6) is 0.572. The molecule has 1 atom stereocenters. The van der Waals surface area contributed by atoms with Gasteiger partial charge in [0.05, 0.1) is 23.2 Å². The third-order valence-corrected chi connectivity index (χ3v) is 7.13. The van der Waals surface area contributed by atoms with Gasteiger partial charge in [-0.2, -0.15) is 0 Å². The predicted octanol–water partition coefficient (Wildman–Crippen LogP) is 1.75. The van der Waals surface area contributed by atoms with Crippen molar-refractivity contribution in [2.45, 2.75) is 38.6 Å². The molecule has 0 aromatic carbocycles. The number of nitrogens with zero attached hydrogens (tertiary/aromatic N) is 2. The summed E-state index contributed by atoms with van der Waals surface area (Å²) in [6, 6.07) is 0.375. The Morgan fingerprint density at radius 1 is 1.33 bits per heavy atom. The SMILES string of the molecule is CCNC1CCCc2sc(N3CCCS(=O)(=O)CC3)nc21. The maximum Gasteiger partial charge on any atom is 0.185 e. The highest BCUT2D eigenvalue weighted by Crippen LogP contribution is 2.37. The van der Waals surface area contributed by atoms with Gasteiger partial charge < -0.3 is 10.2 Å². The van der Waals surface area contributed by atoms with E-state index in [4.69, 9.17) is 4.98 Å². The van der Waals surface area contributed by atoms with Crippen molar-refractivity contribution < 1.29 is 8.42 Å². The van der Waals surface area contributed by atoms with Gasteiger partial charge in [-0.1, -0.05) is 6.92 Å². The number of aryl methyl sites for hydroxylation is 1. The van der Waals surface area contributed by atoms with Gasteiger partial charge in [0.1, 0.15) is 0 Å². The minimum Gasteiger partial charge on any atom is -0.347 e. The number of hydrogen-bond donors (Lipinski definition) is 1. The molecule has 1 N–H and O–H groups in total. The Kier molecular flexibility index (Phi) is 4.51. The summed E-state index contributed by atoms with van der Waals surface area (Å²) in [5.41, 5.74) is 1.20. The van der Waals surface area contributed by atoms with E-state index in [0.29, 0.717) is 24.8 Å². The van der Waals surface area contributed by atoms with Gasteiger partial charge in [0, 0.05) is 18.0 Å². The Balaban J connectivity index is 1.80. The van der Waals surface area contributed by atoms with Gasteiger partial charge in [0.25, 0.3) is 0 Å². The molecule has 118 valence electrons. The lowest BCUT2D eigenvalue weighted by atomic mass is 9.98. The van der Waals surface area contributed by atoms with E-state index < -0.39 is 9.84 Å². The molecule has 21 heavy (non-hydrogen) atoms. The first-order valence-electron chi connectivity index (χ1n) is 7.77. The molecule has 3 rings (SSSR count). The first-order valence-corrected chi connectivity index (χ1v) is 10.4. The summed E-state index contributed by atoms with van der Waals surface area (Å²) < 4.78 is 23.5. The molecule has 1 aliphatic heterocycles. The van der Waals surface area contributed by atoms with Crippen molar-refractivity contribution in [2.24, 2.45) is 0 Å². The van der Waals surface area contributed by atoms with E-state index in [2.05, 4.69) is 17.1 Å². The molecule has 1 fully saturated rings. The maximum atomic E-state index is 11.7. The first-order chi connectivity index (χ1) is 10.1. The fourth-order valence-corrected chi connectivity index (χ4v) is 5.60. The molecule has 0 saturated carbocycles. The van der Waals surface area contributed by atoms with Crippen molar-refractivity contribution in [3.8, 4) is 0 Å². The molecular formula is C14H23N3O2S2. The number of thiazole rings is 1. The van der Waals surface area contributed by atoms with Crippen LogP contribution < -0.4 is 10.2 Å². The lowest BCUT2D eigenvalue weighted by molar-refractivity contribution is 0.465. The van der Waals surface area contributed by atoms with E-state index in [-0.39, 0.29) is 5.75 Å². The quantitative estimate of drug-likeness (QED) is 0.915. The molecule has 5 nitrogen and oxygen atoms in total. The lowest BCUT2D eigenvalue weighted by Crippen LogP contribution is -2.27. The molecule has 0 spiro atoms. The molecule has 0 amide bonds. The highest BCUT2D eigenvalue weighted by atomic mass is 32.2. The number of hydrogen-bond acceptors (Lipinski definition) is 6. The van der Waals surface area contributed by atoms with Gasteiger partial charge in [0.2, 0.25) is 0 Å². The monoisotopic (exact) mass is 329 g/mol. The molecule has 1 saturated heterocycles. The molecule has 1 aromatic rings. The standard InChI is InChI=1S/C14H23N3O2S2/c1-2-15-11-5-3-6-12-13(11)16-14(20-12)17-7-4-9-21(18,19)10-8-17/h11,15H,2-10H2,1H3. The highest BCUT2D eigenvalue weighted by Gasteiger charge is 2.27. The smallest absolute Gasteiger partial charge is 0.185 e. The van der Waals surface area contributed by atoms with E-state index in [1.807, 2.05) is 0 Å². The predicted molar refractivity (Wildman–Crippen MR) is 87.0 cm³/mol. The number of fused-ring (bicyclic) bond motifs is 1. The van der Waals surface area contributed by atoms with E-state index in [1.165, 1.54) is 17.0 Å². The first kappa shape index (κ1) is 15.2. The number of nitrogens with one attached hydrogen (secondary N) is 1. The highest BCUT2D eigenvalue weighted by molar-refractivity contribution is 7.91. The van der Waals surface area contributed by atoms with Crippen LogP contribution in [0.5, 0.6) is 0 Å². The van der Waals surface area contributed by atoms with Crippen molar-refractivity contribution in [3.63, 3.8) is 0 Å². The summed E-state index contributed by atoms with van der Waals surface area (Å²) >= 11 is 1.76. The third kappa shape index (κ3) is 3.40. The van der Waals surface area contributed by atoms with Gasteiger partial charge >= 0.3 is 0 Å².